The second-order valence-electron chi connectivity index (χ2n) is 3.67. The molecule has 0 saturated carbocycles. The summed E-state index contributed by atoms with van der Waals surface area (Å²) < 4.78 is 0.843. The number of urea groups is 1. The first-order chi connectivity index (χ1) is 7.63. The van der Waals surface area contributed by atoms with Crippen molar-refractivity contribution in [1.29, 1.82) is 0 Å². The smallest absolute Gasteiger partial charge is 0.273 e. The third-order valence-corrected chi connectivity index (χ3v) is 3.02. The molecule has 0 aromatic heterocycles. The molecule has 0 fully saturated rings. The van der Waals surface area contributed by atoms with Crippen LogP contribution in [-0.4, -0.2) is 29.1 Å². The fraction of sp³-hybridized carbons (Fsp3) is 0.364. The molecule has 0 saturated heterocycles. The zero-order valence-corrected chi connectivity index (χ0v) is 10.4. The van der Waals surface area contributed by atoms with Crippen LogP contribution in [0, 0.1) is 5.92 Å². The Morgan fingerprint density at radius 2 is 2.19 bits per heavy atom. The van der Waals surface area contributed by atoms with Crippen LogP contribution in [0.3, 0.4) is 0 Å². The third kappa shape index (κ3) is 1.87. The minimum absolute atomic E-state index is 0.182. The minimum atomic E-state index is -0.450. The maximum Gasteiger partial charge on any atom is 0.350 e. The summed E-state index contributed by atoms with van der Waals surface area (Å²) in [4.78, 5) is 28.7. The van der Waals surface area contributed by atoms with E-state index in [1.807, 2.05) is 6.92 Å². The average Bonchev–Trinajstić information content (AvgIpc) is 2.26. The molecule has 1 aliphatic carbocycles. The van der Waals surface area contributed by atoms with Gasteiger partial charge in [0.2, 0.25) is 5.91 Å². The van der Waals surface area contributed by atoms with Crippen molar-refractivity contribution in [2.45, 2.75) is 13.3 Å². The van der Waals surface area contributed by atoms with Gasteiger partial charge in [-0.15, -0.1) is 0 Å². The lowest BCUT2D eigenvalue weighted by molar-refractivity contribution is -0.129. The number of amides is 3. The lowest BCUT2D eigenvalue weighted by Gasteiger charge is -2.28. The first-order valence-corrected chi connectivity index (χ1v) is 5.92. The number of halogens is 1. The maximum absolute atomic E-state index is 12.0. The van der Waals surface area contributed by atoms with Gasteiger partial charge in [0.1, 0.15) is 5.92 Å². The number of aliphatic imine (C=N–C) groups is 1. The van der Waals surface area contributed by atoms with E-state index in [-0.39, 0.29) is 5.91 Å². The predicted molar refractivity (Wildman–Crippen MR) is 64.5 cm³/mol. The van der Waals surface area contributed by atoms with Crippen LogP contribution < -0.4 is 0 Å². The van der Waals surface area contributed by atoms with Gasteiger partial charge in [-0.05, 0) is 18.6 Å². The molecule has 4 nitrogen and oxygen atoms in total. The highest BCUT2D eigenvalue weighted by molar-refractivity contribution is 9.11. The highest BCUT2D eigenvalue weighted by atomic mass is 79.9. The van der Waals surface area contributed by atoms with Gasteiger partial charge in [-0.2, -0.15) is 4.99 Å². The number of fused-ring (bicyclic) bond motifs is 1. The summed E-state index contributed by atoms with van der Waals surface area (Å²) in [6.45, 7) is 2.35. The molecule has 1 unspecified atom stereocenters. The average molecular weight is 283 g/mol. The molecule has 0 bridgehead atoms. The molecule has 5 heteroatoms. The molecule has 1 atom stereocenters. The van der Waals surface area contributed by atoms with Crippen molar-refractivity contribution in [3.05, 3.63) is 22.7 Å². The zero-order valence-electron chi connectivity index (χ0n) is 8.81. The Morgan fingerprint density at radius 1 is 1.44 bits per heavy atom. The van der Waals surface area contributed by atoms with Gasteiger partial charge in [0.25, 0.3) is 0 Å². The first kappa shape index (κ1) is 11.3. The normalized spacial score (nSPS) is 24.1. The van der Waals surface area contributed by atoms with Crippen molar-refractivity contribution in [3.8, 4) is 0 Å². The van der Waals surface area contributed by atoms with Crippen LogP contribution in [0.15, 0.2) is 27.7 Å². The molecule has 1 heterocycles. The number of allylic oxidation sites excluding steroid dienone is 3. The molecule has 1 aliphatic heterocycles. The van der Waals surface area contributed by atoms with Gasteiger partial charge in [0.15, 0.2) is 0 Å². The molecule has 2 aliphatic rings. The number of carbonyl (C=O) groups is 2. The molecule has 0 aromatic carbocycles. The van der Waals surface area contributed by atoms with E-state index in [0.717, 1.165) is 10.9 Å². The van der Waals surface area contributed by atoms with E-state index in [4.69, 9.17) is 0 Å². The highest BCUT2D eigenvalue weighted by Crippen LogP contribution is 2.24. The Balaban J connectivity index is 2.35. The number of nitrogens with zero attached hydrogens (tertiary/aromatic N) is 2. The fourth-order valence-electron chi connectivity index (χ4n) is 1.74. The molecule has 0 spiro atoms. The molecular weight excluding hydrogens is 272 g/mol. The number of rotatable bonds is 2. The lowest BCUT2D eigenvalue weighted by atomic mass is 9.95. The van der Waals surface area contributed by atoms with Crippen molar-refractivity contribution in [3.63, 3.8) is 0 Å². The second-order valence-corrected chi connectivity index (χ2v) is 4.59. The molecule has 0 radical (unpaired) electrons. The van der Waals surface area contributed by atoms with Crippen molar-refractivity contribution >= 4 is 33.6 Å². The van der Waals surface area contributed by atoms with Crippen molar-refractivity contribution < 1.29 is 9.59 Å². The summed E-state index contributed by atoms with van der Waals surface area (Å²) in [6.07, 6.45) is 6.01. The highest BCUT2D eigenvalue weighted by Gasteiger charge is 2.35. The monoisotopic (exact) mass is 282 g/mol. The summed E-state index contributed by atoms with van der Waals surface area (Å²) in [5, 5.41) is 0. The SMILES string of the molecule is CCCN1C(=O)N=C2C=CC(Br)=CC2C1=O. The van der Waals surface area contributed by atoms with Gasteiger partial charge in [0.05, 0.1) is 5.71 Å². The Bertz CT molecular complexity index is 437. The quantitative estimate of drug-likeness (QED) is 0.780. The number of hydrogen-bond donors (Lipinski definition) is 0. The van der Waals surface area contributed by atoms with E-state index < -0.39 is 11.9 Å². The minimum Gasteiger partial charge on any atom is -0.273 e. The predicted octanol–water partition coefficient (Wildman–Crippen LogP) is 2.26. The van der Waals surface area contributed by atoms with Gasteiger partial charge in [-0.25, -0.2) is 4.79 Å². The van der Waals surface area contributed by atoms with Gasteiger partial charge < -0.3 is 0 Å². The maximum atomic E-state index is 12.0. The van der Waals surface area contributed by atoms with Crippen LogP contribution in [0.4, 0.5) is 4.79 Å². The van der Waals surface area contributed by atoms with E-state index in [1.165, 1.54) is 4.90 Å². The summed E-state index contributed by atoms with van der Waals surface area (Å²) >= 11 is 3.32. The summed E-state index contributed by atoms with van der Waals surface area (Å²) in [6, 6.07) is -0.450. The summed E-state index contributed by atoms with van der Waals surface area (Å²) in [7, 11) is 0. The molecule has 3 amide bonds. The second kappa shape index (κ2) is 4.33. The van der Waals surface area contributed by atoms with Crippen LogP contribution >= 0.6 is 15.9 Å². The number of carbonyl (C=O) groups excluding carboxylic acids is 2. The van der Waals surface area contributed by atoms with Crippen LogP contribution in [0.5, 0.6) is 0 Å². The Hall–Kier alpha value is -1.23. The van der Waals surface area contributed by atoms with Crippen LogP contribution in [0.25, 0.3) is 0 Å². The van der Waals surface area contributed by atoms with E-state index in [2.05, 4.69) is 20.9 Å². The van der Waals surface area contributed by atoms with Gasteiger partial charge in [-0.3, -0.25) is 9.69 Å². The molecule has 2 rings (SSSR count). The van der Waals surface area contributed by atoms with Crippen LogP contribution in [-0.2, 0) is 4.79 Å². The molecule has 0 N–H and O–H groups in total. The van der Waals surface area contributed by atoms with E-state index in [9.17, 15) is 9.59 Å². The Morgan fingerprint density at radius 3 is 2.88 bits per heavy atom. The lowest BCUT2D eigenvalue weighted by Crippen LogP contribution is -2.46. The molecular formula is C11H11BrN2O2. The Labute approximate surface area is 102 Å². The van der Waals surface area contributed by atoms with E-state index >= 15 is 0 Å². The van der Waals surface area contributed by atoms with Crippen molar-refractivity contribution in [2.75, 3.05) is 6.54 Å². The van der Waals surface area contributed by atoms with E-state index in [0.29, 0.717) is 12.3 Å². The first-order valence-electron chi connectivity index (χ1n) is 5.13. The molecule has 16 heavy (non-hydrogen) atoms. The largest absolute Gasteiger partial charge is 0.350 e. The van der Waals surface area contributed by atoms with Crippen molar-refractivity contribution in [1.82, 2.24) is 4.90 Å². The summed E-state index contributed by atoms with van der Waals surface area (Å²) in [5.74, 6) is -0.596. The zero-order chi connectivity index (χ0) is 11.7. The topological polar surface area (TPSA) is 49.7 Å². The molecule has 0 aromatic rings. The van der Waals surface area contributed by atoms with Crippen LogP contribution in [0.1, 0.15) is 13.3 Å². The van der Waals surface area contributed by atoms with Gasteiger partial charge in [0, 0.05) is 11.0 Å². The fourth-order valence-corrected chi connectivity index (χ4v) is 2.13. The van der Waals surface area contributed by atoms with Crippen LogP contribution in [0.2, 0.25) is 0 Å². The third-order valence-electron chi connectivity index (χ3n) is 2.49. The molecule has 84 valence electrons. The standard InChI is InChI=1S/C11H11BrN2O2/c1-2-5-14-10(15)8-6-7(12)3-4-9(8)13-11(14)16/h3-4,6,8H,2,5H2,1H3. The summed E-state index contributed by atoms with van der Waals surface area (Å²) in [5.41, 5.74) is 0.533. The van der Waals surface area contributed by atoms with Gasteiger partial charge >= 0.3 is 6.03 Å². The van der Waals surface area contributed by atoms with Gasteiger partial charge in [-0.1, -0.05) is 28.9 Å². The Kier molecular flexibility index (Phi) is 3.05. The number of hydrogen-bond acceptors (Lipinski definition) is 2. The number of imide groups is 1. The van der Waals surface area contributed by atoms with Crippen molar-refractivity contribution in [2.24, 2.45) is 10.9 Å². The van der Waals surface area contributed by atoms with E-state index in [1.54, 1.807) is 18.2 Å².